The Labute approximate surface area is 133 Å². The van der Waals surface area contributed by atoms with Crippen LogP contribution in [0.2, 0.25) is 0 Å². The van der Waals surface area contributed by atoms with Crippen molar-refractivity contribution in [1.29, 1.82) is 0 Å². The summed E-state index contributed by atoms with van der Waals surface area (Å²) in [5, 5.41) is 10.1. The molecule has 0 saturated heterocycles. The average Bonchev–Trinajstić information content (AvgIpc) is 2.42. The van der Waals surface area contributed by atoms with Crippen molar-refractivity contribution >= 4 is 18.6 Å². The zero-order chi connectivity index (χ0) is 15.7. The second-order valence-electron chi connectivity index (χ2n) is 5.86. The fourth-order valence-electron chi connectivity index (χ4n) is 2.06. The van der Waals surface area contributed by atoms with E-state index >= 15 is 0 Å². The van der Waals surface area contributed by atoms with Crippen LogP contribution in [0.5, 0.6) is 0 Å². The number of thiol groups is 1. The standard InChI is InChI=1S/C17H26O3S/c1-14(2)9-5-4-8-12-20-16(18)17(19,21)13-15-10-6-3-7-11-15/h3,6-7,10-11,14,19,21H,4-5,8-9,12-13H2,1-2H3. The Kier molecular flexibility index (Phi) is 7.83. The summed E-state index contributed by atoms with van der Waals surface area (Å²) in [6.07, 6.45) is 4.34. The largest absolute Gasteiger partial charge is 0.463 e. The van der Waals surface area contributed by atoms with Crippen molar-refractivity contribution in [2.75, 3.05) is 6.61 Å². The minimum Gasteiger partial charge on any atom is -0.463 e. The van der Waals surface area contributed by atoms with Gasteiger partial charge in [0.05, 0.1) is 6.61 Å². The lowest BCUT2D eigenvalue weighted by molar-refractivity contribution is -0.156. The Morgan fingerprint density at radius 1 is 1.24 bits per heavy atom. The maximum absolute atomic E-state index is 11.9. The van der Waals surface area contributed by atoms with Gasteiger partial charge in [-0.2, -0.15) is 0 Å². The molecule has 0 aliphatic heterocycles. The van der Waals surface area contributed by atoms with Crippen LogP contribution in [0.25, 0.3) is 0 Å². The number of carbonyl (C=O) groups is 1. The molecule has 1 aromatic carbocycles. The van der Waals surface area contributed by atoms with Gasteiger partial charge in [-0.1, -0.05) is 63.4 Å². The molecule has 0 saturated carbocycles. The molecule has 1 rings (SSSR count). The molecule has 1 atom stereocenters. The Hall–Kier alpha value is -1.00. The predicted molar refractivity (Wildman–Crippen MR) is 88.3 cm³/mol. The molecule has 0 fully saturated rings. The van der Waals surface area contributed by atoms with Gasteiger partial charge in [-0.15, -0.1) is 12.6 Å². The summed E-state index contributed by atoms with van der Waals surface area (Å²) < 4.78 is 5.12. The van der Waals surface area contributed by atoms with E-state index in [9.17, 15) is 9.90 Å². The first-order chi connectivity index (χ1) is 9.92. The van der Waals surface area contributed by atoms with Gasteiger partial charge in [0.2, 0.25) is 4.93 Å². The van der Waals surface area contributed by atoms with Gasteiger partial charge in [0.15, 0.2) is 0 Å². The molecule has 0 radical (unpaired) electrons. The van der Waals surface area contributed by atoms with Crippen LogP contribution in [0.3, 0.4) is 0 Å². The molecule has 0 amide bonds. The first-order valence-corrected chi connectivity index (χ1v) is 8.02. The summed E-state index contributed by atoms with van der Waals surface area (Å²) in [6.45, 7) is 4.74. The van der Waals surface area contributed by atoms with E-state index in [1.54, 1.807) is 0 Å². The topological polar surface area (TPSA) is 46.5 Å². The zero-order valence-corrected chi connectivity index (χ0v) is 13.8. The van der Waals surface area contributed by atoms with E-state index in [0.717, 1.165) is 24.8 Å². The van der Waals surface area contributed by atoms with Crippen LogP contribution in [0, 0.1) is 5.92 Å². The molecule has 4 heteroatoms. The molecular formula is C17H26O3S. The van der Waals surface area contributed by atoms with Gasteiger partial charge >= 0.3 is 5.97 Å². The SMILES string of the molecule is CC(C)CCCCCOC(=O)C(O)(S)Cc1ccccc1. The monoisotopic (exact) mass is 310 g/mol. The van der Waals surface area contributed by atoms with Crippen molar-refractivity contribution in [3.8, 4) is 0 Å². The fourth-order valence-corrected chi connectivity index (χ4v) is 2.31. The van der Waals surface area contributed by atoms with E-state index < -0.39 is 10.9 Å². The number of hydrogen-bond acceptors (Lipinski definition) is 4. The second kappa shape index (κ2) is 9.11. The second-order valence-corrected chi connectivity index (χ2v) is 6.60. The van der Waals surface area contributed by atoms with Gasteiger partial charge in [0.25, 0.3) is 0 Å². The highest BCUT2D eigenvalue weighted by atomic mass is 32.1. The summed E-state index contributed by atoms with van der Waals surface area (Å²) in [6, 6.07) is 9.30. The molecule has 3 nitrogen and oxygen atoms in total. The smallest absolute Gasteiger partial charge is 0.348 e. The number of carbonyl (C=O) groups excluding carboxylic acids is 1. The highest BCUT2D eigenvalue weighted by Gasteiger charge is 2.33. The lowest BCUT2D eigenvalue weighted by atomic mass is 10.1. The lowest BCUT2D eigenvalue weighted by Gasteiger charge is -2.20. The Morgan fingerprint density at radius 2 is 1.90 bits per heavy atom. The summed E-state index contributed by atoms with van der Waals surface area (Å²) in [5.74, 6) is 0.0412. The molecule has 0 heterocycles. The quantitative estimate of drug-likeness (QED) is 0.317. The zero-order valence-electron chi connectivity index (χ0n) is 12.9. The van der Waals surface area contributed by atoms with Crippen LogP contribution < -0.4 is 0 Å². The third-order valence-electron chi connectivity index (χ3n) is 3.28. The van der Waals surface area contributed by atoms with E-state index in [1.807, 2.05) is 30.3 Å². The Balaban J connectivity index is 2.27. The van der Waals surface area contributed by atoms with Crippen molar-refractivity contribution in [2.24, 2.45) is 5.92 Å². The lowest BCUT2D eigenvalue weighted by Crippen LogP contribution is -2.36. The van der Waals surface area contributed by atoms with Gasteiger partial charge in [0.1, 0.15) is 0 Å². The van der Waals surface area contributed by atoms with Crippen LogP contribution in [-0.2, 0) is 16.0 Å². The minimum atomic E-state index is -1.76. The summed E-state index contributed by atoms with van der Waals surface area (Å²) >= 11 is 4.04. The molecule has 1 unspecified atom stereocenters. The van der Waals surface area contributed by atoms with Crippen LogP contribution in [0.1, 0.15) is 45.1 Å². The molecule has 0 aromatic heterocycles. The number of rotatable bonds is 9. The van der Waals surface area contributed by atoms with Crippen molar-refractivity contribution in [3.63, 3.8) is 0 Å². The van der Waals surface area contributed by atoms with Crippen LogP contribution in [0.15, 0.2) is 30.3 Å². The molecule has 0 spiro atoms. The minimum absolute atomic E-state index is 0.142. The van der Waals surface area contributed by atoms with Gasteiger partial charge < -0.3 is 9.84 Å². The van der Waals surface area contributed by atoms with E-state index in [1.165, 1.54) is 6.42 Å². The van der Waals surface area contributed by atoms with Crippen LogP contribution >= 0.6 is 12.6 Å². The molecular weight excluding hydrogens is 284 g/mol. The summed E-state index contributed by atoms with van der Waals surface area (Å²) in [4.78, 5) is 10.1. The maximum atomic E-state index is 11.9. The van der Waals surface area contributed by atoms with E-state index in [-0.39, 0.29) is 6.42 Å². The van der Waals surface area contributed by atoms with E-state index in [2.05, 4.69) is 26.5 Å². The normalized spacial score (nSPS) is 14.0. The molecule has 21 heavy (non-hydrogen) atoms. The van der Waals surface area contributed by atoms with E-state index in [4.69, 9.17) is 4.74 Å². The Bertz CT molecular complexity index is 415. The van der Waals surface area contributed by atoms with Gasteiger partial charge in [0, 0.05) is 6.42 Å². The number of hydrogen-bond donors (Lipinski definition) is 2. The maximum Gasteiger partial charge on any atom is 0.348 e. The first kappa shape index (κ1) is 18.1. The van der Waals surface area contributed by atoms with E-state index in [0.29, 0.717) is 12.5 Å². The summed E-state index contributed by atoms with van der Waals surface area (Å²) in [5.41, 5.74) is 0.851. The van der Waals surface area contributed by atoms with Crippen LogP contribution in [-0.4, -0.2) is 22.6 Å². The Morgan fingerprint density at radius 3 is 2.52 bits per heavy atom. The molecule has 118 valence electrons. The third kappa shape index (κ3) is 7.53. The number of esters is 1. The van der Waals surface area contributed by atoms with Crippen molar-refractivity contribution in [1.82, 2.24) is 0 Å². The highest BCUT2D eigenvalue weighted by molar-refractivity contribution is 7.82. The molecule has 1 N–H and O–H groups in total. The highest BCUT2D eigenvalue weighted by Crippen LogP contribution is 2.19. The van der Waals surface area contributed by atoms with Crippen LogP contribution in [0.4, 0.5) is 0 Å². The van der Waals surface area contributed by atoms with Gasteiger partial charge in [-0.25, -0.2) is 4.79 Å². The average molecular weight is 310 g/mol. The van der Waals surface area contributed by atoms with Crippen molar-refractivity contribution in [2.45, 2.75) is 50.9 Å². The molecule has 0 aliphatic rings. The predicted octanol–water partition coefficient (Wildman–Crippen LogP) is 3.61. The number of ether oxygens (including phenoxy) is 1. The van der Waals surface area contributed by atoms with Gasteiger partial charge in [-0.3, -0.25) is 0 Å². The van der Waals surface area contributed by atoms with Crippen molar-refractivity contribution < 1.29 is 14.6 Å². The number of aliphatic hydroxyl groups is 1. The summed E-state index contributed by atoms with van der Waals surface area (Å²) in [7, 11) is 0. The molecule has 0 bridgehead atoms. The number of benzene rings is 1. The number of unbranched alkanes of at least 4 members (excludes halogenated alkanes) is 2. The molecule has 0 aliphatic carbocycles. The molecule has 1 aromatic rings. The van der Waals surface area contributed by atoms with Gasteiger partial charge in [-0.05, 0) is 17.9 Å². The third-order valence-corrected chi connectivity index (χ3v) is 3.62. The first-order valence-electron chi connectivity index (χ1n) is 7.57. The van der Waals surface area contributed by atoms with Crippen molar-refractivity contribution in [3.05, 3.63) is 35.9 Å². The fraction of sp³-hybridized carbons (Fsp3) is 0.588.